The molecule has 0 bridgehead atoms. The van der Waals surface area contributed by atoms with Gasteiger partial charge in [-0.3, -0.25) is 0 Å². The molecule has 2 amide bonds. The van der Waals surface area contributed by atoms with Crippen LogP contribution in [0.1, 0.15) is 24.0 Å². The van der Waals surface area contributed by atoms with Crippen LogP contribution in [0.15, 0.2) is 18.2 Å². The van der Waals surface area contributed by atoms with E-state index in [1.807, 2.05) is 30.9 Å². The predicted molar refractivity (Wildman–Crippen MR) is 97.0 cm³/mol. The third-order valence-electron chi connectivity index (χ3n) is 4.99. The molecule has 2 fully saturated rings. The second kappa shape index (κ2) is 8.06. The summed E-state index contributed by atoms with van der Waals surface area (Å²) in [5, 5.41) is 13.1. The molecular formula is C19H29N3O3. The molecular weight excluding hydrogens is 318 g/mol. The highest BCUT2D eigenvalue weighted by Gasteiger charge is 2.30. The SMILES string of the molecule is Cc1cc(C)cc(OC[C@H](O)CN2CCC(N3CCNC3=O)CC2)c1. The molecule has 0 saturated carbocycles. The minimum atomic E-state index is -0.507. The van der Waals surface area contributed by atoms with E-state index in [1.54, 1.807) is 0 Å². The van der Waals surface area contributed by atoms with Crippen molar-refractivity contribution in [2.45, 2.75) is 38.8 Å². The van der Waals surface area contributed by atoms with Crippen molar-refractivity contribution in [1.29, 1.82) is 0 Å². The first-order valence-electron chi connectivity index (χ1n) is 9.17. The number of aliphatic hydroxyl groups is 1. The minimum Gasteiger partial charge on any atom is -0.491 e. The number of amides is 2. The molecule has 6 nitrogen and oxygen atoms in total. The number of hydrogen-bond donors (Lipinski definition) is 2. The van der Waals surface area contributed by atoms with Gasteiger partial charge < -0.3 is 25.0 Å². The van der Waals surface area contributed by atoms with Gasteiger partial charge in [-0.1, -0.05) is 6.07 Å². The van der Waals surface area contributed by atoms with Crippen LogP contribution >= 0.6 is 0 Å². The molecule has 2 saturated heterocycles. The van der Waals surface area contributed by atoms with Gasteiger partial charge in [0, 0.05) is 38.8 Å². The molecule has 6 heteroatoms. The third kappa shape index (κ3) is 4.86. The third-order valence-corrected chi connectivity index (χ3v) is 4.99. The molecule has 0 unspecified atom stereocenters. The smallest absolute Gasteiger partial charge is 0.317 e. The van der Waals surface area contributed by atoms with Crippen LogP contribution in [0.5, 0.6) is 5.75 Å². The summed E-state index contributed by atoms with van der Waals surface area (Å²) in [4.78, 5) is 16.0. The summed E-state index contributed by atoms with van der Waals surface area (Å²) in [6.07, 6.45) is 1.43. The van der Waals surface area contributed by atoms with Gasteiger partial charge in [0.1, 0.15) is 18.5 Å². The van der Waals surface area contributed by atoms with Crippen molar-refractivity contribution in [1.82, 2.24) is 15.1 Å². The Morgan fingerprint density at radius 2 is 1.88 bits per heavy atom. The standard InChI is InChI=1S/C19H29N3O3/c1-14-9-15(2)11-18(10-14)25-13-17(23)12-21-6-3-16(4-7-21)22-8-5-20-19(22)24/h9-11,16-17,23H,3-8,12-13H2,1-2H3,(H,20,24)/t17-/m1/s1. The Morgan fingerprint density at radius 1 is 1.20 bits per heavy atom. The number of aryl methyl sites for hydroxylation is 2. The van der Waals surface area contributed by atoms with Crippen LogP contribution < -0.4 is 10.1 Å². The lowest BCUT2D eigenvalue weighted by molar-refractivity contribution is 0.0508. The number of hydrogen-bond acceptors (Lipinski definition) is 4. The van der Waals surface area contributed by atoms with E-state index in [4.69, 9.17) is 4.74 Å². The molecule has 0 aliphatic carbocycles. The maximum absolute atomic E-state index is 11.7. The van der Waals surface area contributed by atoms with Crippen LogP contribution in [0.2, 0.25) is 0 Å². The summed E-state index contributed by atoms with van der Waals surface area (Å²) in [5.41, 5.74) is 2.33. The number of ether oxygens (including phenoxy) is 1. The van der Waals surface area contributed by atoms with E-state index in [9.17, 15) is 9.90 Å². The van der Waals surface area contributed by atoms with Crippen molar-refractivity contribution < 1.29 is 14.6 Å². The Labute approximate surface area is 149 Å². The first kappa shape index (κ1) is 18.0. The summed E-state index contributed by atoms with van der Waals surface area (Å²) in [6.45, 7) is 8.40. The maximum atomic E-state index is 11.7. The van der Waals surface area contributed by atoms with Crippen molar-refractivity contribution >= 4 is 6.03 Å². The molecule has 2 N–H and O–H groups in total. The number of carbonyl (C=O) groups excluding carboxylic acids is 1. The Balaban J connectivity index is 1.40. The van der Waals surface area contributed by atoms with E-state index in [1.165, 1.54) is 0 Å². The number of rotatable bonds is 6. The van der Waals surface area contributed by atoms with Gasteiger partial charge in [0.25, 0.3) is 0 Å². The van der Waals surface area contributed by atoms with Gasteiger partial charge in [-0.25, -0.2) is 4.79 Å². The minimum absolute atomic E-state index is 0.0698. The Morgan fingerprint density at radius 3 is 2.48 bits per heavy atom. The van der Waals surface area contributed by atoms with Crippen LogP contribution in [0, 0.1) is 13.8 Å². The topological polar surface area (TPSA) is 65.0 Å². The monoisotopic (exact) mass is 347 g/mol. The van der Waals surface area contributed by atoms with Gasteiger partial charge in [-0.05, 0) is 49.9 Å². The second-order valence-electron chi connectivity index (χ2n) is 7.25. The fraction of sp³-hybridized carbons (Fsp3) is 0.632. The van der Waals surface area contributed by atoms with Gasteiger partial charge in [0.15, 0.2) is 0 Å². The van der Waals surface area contributed by atoms with Crippen LogP contribution in [0.25, 0.3) is 0 Å². The summed E-state index contributed by atoms with van der Waals surface area (Å²) >= 11 is 0. The van der Waals surface area contributed by atoms with Gasteiger partial charge >= 0.3 is 6.03 Å². The lowest BCUT2D eigenvalue weighted by atomic mass is 10.0. The molecule has 2 aliphatic heterocycles. The molecule has 2 aliphatic rings. The van der Waals surface area contributed by atoms with Crippen molar-refractivity contribution in [3.8, 4) is 5.75 Å². The summed E-state index contributed by atoms with van der Waals surface area (Å²) < 4.78 is 5.75. The van der Waals surface area contributed by atoms with Crippen LogP contribution in [0.4, 0.5) is 4.79 Å². The van der Waals surface area contributed by atoms with Crippen molar-refractivity contribution in [3.05, 3.63) is 29.3 Å². The number of urea groups is 1. The first-order valence-corrected chi connectivity index (χ1v) is 9.17. The molecule has 0 radical (unpaired) electrons. The van der Waals surface area contributed by atoms with Gasteiger partial charge in [-0.2, -0.15) is 0 Å². The van der Waals surface area contributed by atoms with Gasteiger partial charge in [0.2, 0.25) is 0 Å². The van der Waals surface area contributed by atoms with E-state index in [-0.39, 0.29) is 6.03 Å². The number of piperidine rings is 1. The van der Waals surface area contributed by atoms with E-state index in [0.29, 0.717) is 19.2 Å². The van der Waals surface area contributed by atoms with Crippen LogP contribution in [0.3, 0.4) is 0 Å². The first-order chi connectivity index (χ1) is 12.0. The highest BCUT2D eigenvalue weighted by molar-refractivity contribution is 5.76. The Kier molecular flexibility index (Phi) is 5.81. The number of aliphatic hydroxyl groups excluding tert-OH is 1. The summed E-state index contributed by atoms with van der Waals surface area (Å²) in [6, 6.07) is 6.50. The van der Waals surface area contributed by atoms with Crippen molar-refractivity contribution in [3.63, 3.8) is 0 Å². The normalized spacial score (nSPS) is 20.6. The van der Waals surface area contributed by atoms with Crippen molar-refractivity contribution in [2.75, 3.05) is 39.3 Å². The summed E-state index contributed by atoms with van der Waals surface area (Å²) in [5.74, 6) is 0.815. The van der Waals surface area contributed by atoms with Gasteiger partial charge in [0.05, 0.1) is 0 Å². The zero-order valence-corrected chi connectivity index (χ0v) is 15.2. The van der Waals surface area contributed by atoms with Gasteiger partial charge in [-0.15, -0.1) is 0 Å². The van der Waals surface area contributed by atoms with E-state index >= 15 is 0 Å². The van der Waals surface area contributed by atoms with E-state index in [0.717, 1.165) is 55.9 Å². The van der Waals surface area contributed by atoms with Crippen molar-refractivity contribution in [2.24, 2.45) is 0 Å². The molecule has 1 aromatic rings. The molecule has 1 aromatic carbocycles. The average Bonchev–Trinajstić information content (AvgIpc) is 2.99. The largest absolute Gasteiger partial charge is 0.491 e. The highest BCUT2D eigenvalue weighted by Crippen LogP contribution is 2.19. The predicted octanol–water partition coefficient (Wildman–Crippen LogP) is 1.53. The lowest BCUT2D eigenvalue weighted by Gasteiger charge is -2.36. The summed E-state index contributed by atoms with van der Waals surface area (Å²) in [7, 11) is 0. The molecule has 25 heavy (non-hydrogen) atoms. The number of benzene rings is 1. The number of likely N-dealkylation sites (tertiary alicyclic amines) is 1. The maximum Gasteiger partial charge on any atom is 0.317 e. The zero-order valence-electron chi connectivity index (χ0n) is 15.2. The number of β-amino-alcohol motifs (C(OH)–C–C–N with tert-alkyl or cyclic N) is 1. The Hall–Kier alpha value is -1.79. The molecule has 1 atom stereocenters. The van der Waals surface area contributed by atoms with Crippen LogP contribution in [-0.4, -0.2) is 72.4 Å². The van der Waals surface area contributed by atoms with E-state index < -0.39 is 6.10 Å². The van der Waals surface area contributed by atoms with E-state index in [2.05, 4.69) is 16.3 Å². The fourth-order valence-electron chi connectivity index (χ4n) is 3.81. The Bertz CT molecular complexity index is 579. The highest BCUT2D eigenvalue weighted by atomic mass is 16.5. The number of nitrogens with zero attached hydrogens (tertiary/aromatic N) is 2. The molecule has 138 valence electrons. The molecule has 0 aromatic heterocycles. The average molecular weight is 347 g/mol. The molecule has 0 spiro atoms. The molecule has 3 rings (SSSR count). The quantitative estimate of drug-likeness (QED) is 0.819. The zero-order chi connectivity index (χ0) is 17.8. The van der Waals surface area contributed by atoms with Crippen LogP contribution in [-0.2, 0) is 0 Å². The number of nitrogens with one attached hydrogen (secondary N) is 1. The second-order valence-corrected chi connectivity index (χ2v) is 7.25. The lowest BCUT2D eigenvalue weighted by Crippen LogP contribution is -2.48. The molecule has 2 heterocycles. The fourth-order valence-corrected chi connectivity index (χ4v) is 3.81. The number of carbonyl (C=O) groups is 1.